The minimum absolute atomic E-state index is 0.0549. The van der Waals surface area contributed by atoms with Crippen molar-refractivity contribution >= 4 is 27.4 Å². The average Bonchev–Trinajstić information content (AvgIpc) is 2.47. The first-order valence-corrected chi connectivity index (χ1v) is 9.49. The quantitative estimate of drug-likeness (QED) is 0.900. The van der Waals surface area contributed by atoms with Crippen LogP contribution in [0, 0.1) is 6.92 Å². The van der Waals surface area contributed by atoms with Crippen LogP contribution in [0.15, 0.2) is 12.3 Å². The Morgan fingerprint density at radius 2 is 2.30 bits per heavy atom. The summed E-state index contributed by atoms with van der Waals surface area (Å²) >= 11 is 1.67. The lowest BCUT2D eigenvalue weighted by molar-refractivity contribution is 0.281. The van der Waals surface area contributed by atoms with Crippen LogP contribution in [0.3, 0.4) is 0 Å². The van der Waals surface area contributed by atoms with Crippen molar-refractivity contribution in [1.82, 2.24) is 4.98 Å². The Morgan fingerprint density at radius 1 is 1.55 bits per heavy atom. The van der Waals surface area contributed by atoms with Gasteiger partial charge in [0, 0.05) is 30.0 Å². The number of aryl methyl sites for hydroxylation is 1. The molecule has 0 saturated carbocycles. The van der Waals surface area contributed by atoms with Crippen LogP contribution in [-0.2, 0) is 16.4 Å². The summed E-state index contributed by atoms with van der Waals surface area (Å²) in [6.07, 6.45) is 1.61. The number of hydrogen-bond acceptors (Lipinski definition) is 6. The number of hydrogen-bond donors (Lipinski definition) is 1. The van der Waals surface area contributed by atoms with E-state index in [0.717, 1.165) is 16.9 Å². The number of thioether (sulfide) groups is 1. The summed E-state index contributed by atoms with van der Waals surface area (Å²) in [7, 11) is -3.14. The summed E-state index contributed by atoms with van der Waals surface area (Å²) in [6, 6.07) is 1.86. The van der Waals surface area contributed by atoms with Crippen LogP contribution in [-0.4, -0.2) is 47.7 Å². The van der Waals surface area contributed by atoms with Crippen molar-refractivity contribution in [3.05, 3.63) is 23.4 Å². The molecule has 0 bridgehead atoms. The molecule has 2 rings (SSSR count). The van der Waals surface area contributed by atoms with E-state index in [4.69, 9.17) is 5.11 Å². The first kappa shape index (κ1) is 15.6. The van der Waals surface area contributed by atoms with Crippen molar-refractivity contribution in [3.8, 4) is 0 Å². The highest BCUT2D eigenvalue weighted by molar-refractivity contribution is 8.01. The third-order valence-electron chi connectivity index (χ3n) is 3.46. The maximum absolute atomic E-state index is 12.2. The number of rotatable bonds is 4. The molecule has 1 saturated heterocycles. The molecule has 20 heavy (non-hydrogen) atoms. The van der Waals surface area contributed by atoms with E-state index in [-0.39, 0.29) is 12.4 Å². The fraction of sp³-hybridized carbons (Fsp3) is 0.615. The average molecular weight is 316 g/mol. The maximum atomic E-state index is 12.2. The number of aromatic nitrogens is 1. The number of nitrogens with zero attached hydrogens (tertiary/aromatic N) is 2. The van der Waals surface area contributed by atoms with Gasteiger partial charge in [-0.25, -0.2) is 13.4 Å². The summed E-state index contributed by atoms with van der Waals surface area (Å²) in [5.41, 5.74) is 1.65. The molecule has 1 aliphatic heterocycles. The van der Waals surface area contributed by atoms with Gasteiger partial charge in [0.15, 0.2) is 9.84 Å². The van der Waals surface area contributed by atoms with Gasteiger partial charge in [-0.05, 0) is 24.1 Å². The summed E-state index contributed by atoms with van der Waals surface area (Å²) in [6.45, 7) is 4.21. The van der Waals surface area contributed by atoms with Crippen LogP contribution in [0.5, 0.6) is 0 Å². The molecule has 1 aliphatic rings. The van der Waals surface area contributed by atoms with E-state index >= 15 is 0 Å². The maximum Gasteiger partial charge on any atom is 0.171 e. The van der Waals surface area contributed by atoms with Gasteiger partial charge in [0.05, 0.1) is 6.61 Å². The number of anilines is 1. The van der Waals surface area contributed by atoms with Crippen LogP contribution >= 0.6 is 11.8 Å². The Bertz CT molecular complexity index is 575. The molecule has 1 atom stereocenters. The molecule has 0 aromatic carbocycles. The molecule has 1 aromatic rings. The van der Waals surface area contributed by atoms with Gasteiger partial charge in [-0.1, -0.05) is 6.92 Å². The topological polar surface area (TPSA) is 70.5 Å². The number of sulfone groups is 1. The van der Waals surface area contributed by atoms with Gasteiger partial charge in [0.25, 0.3) is 0 Å². The fourth-order valence-corrected chi connectivity index (χ4v) is 5.30. The second kappa shape index (κ2) is 6.32. The van der Waals surface area contributed by atoms with Crippen LogP contribution < -0.4 is 4.90 Å². The minimum Gasteiger partial charge on any atom is -0.392 e. The van der Waals surface area contributed by atoms with Crippen molar-refractivity contribution in [2.75, 3.05) is 28.7 Å². The molecule has 1 fully saturated rings. The van der Waals surface area contributed by atoms with Gasteiger partial charge < -0.3 is 10.0 Å². The Balaban J connectivity index is 2.38. The van der Waals surface area contributed by atoms with Gasteiger partial charge in [0.2, 0.25) is 0 Å². The number of pyridine rings is 1. The monoisotopic (exact) mass is 316 g/mol. The molecule has 2 heterocycles. The van der Waals surface area contributed by atoms with Crippen LogP contribution in [0.1, 0.15) is 18.1 Å². The molecule has 0 amide bonds. The first-order valence-electron chi connectivity index (χ1n) is 6.62. The third-order valence-corrected chi connectivity index (χ3v) is 6.75. The summed E-state index contributed by atoms with van der Waals surface area (Å²) in [4.78, 5) is 6.26. The molecule has 7 heteroatoms. The molecular formula is C13H20N2O3S2. The Kier molecular flexibility index (Phi) is 4.93. The van der Waals surface area contributed by atoms with Crippen molar-refractivity contribution < 1.29 is 13.5 Å². The fourth-order valence-electron chi connectivity index (χ4n) is 2.33. The lowest BCUT2D eigenvalue weighted by Crippen LogP contribution is -2.48. The number of aliphatic hydroxyl groups excluding tert-OH is 1. The molecular weight excluding hydrogens is 296 g/mol. The van der Waals surface area contributed by atoms with Crippen molar-refractivity contribution in [2.24, 2.45) is 0 Å². The van der Waals surface area contributed by atoms with Gasteiger partial charge in [-0.3, -0.25) is 0 Å². The van der Waals surface area contributed by atoms with Crippen molar-refractivity contribution in [1.29, 1.82) is 0 Å². The molecule has 0 aliphatic carbocycles. The molecule has 0 radical (unpaired) electrons. The predicted molar refractivity (Wildman–Crippen MR) is 82.8 cm³/mol. The molecule has 1 aromatic heterocycles. The first-order chi connectivity index (χ1) is 9.49. The highest BCUT2D eigenvalue weighted by atomic mass is 32.2. The largest absolute Gasteiger partial charge is 0.392 e. The van der Waals surface area contributed by atoms with E-state index in [9.17, 15) is 8.42 Å². The normalized spacial score (nSPS) is 20.1. The smallest absolute Gasteiger partial charge is 0.171 e. The van der Waals surface area contributed by atoms with E-state index in [2.05, 4.69) is 4.98 Å². The lowest BCUT2D eigenvalue weighted by Gasteiger charge is -2.36. The zero-order chi connectivity index (χ0) is 14.8. The highest BCUT2D eigenvalue weighted by Gasteiger charge is 2.34. The molecule has 1 unspecified atom stereocenters. The van der Waals surface area contributed by atoms with Crippen LogP contribution in [0.2, 0.25) is 0 Å². The lowest BCUT2D eigenvalue weighted by atomic mass is 10.2. The molecule has 1 N–H and O–H groups in total. The zero-order valence-electron chi connectivity index (χ0n) is 11.7. The third kappa shape index (κ3) is 3.10. The van der Waals surface area contributed by atoms with E-state index < -0.39 is 15.2 Å². The van der Waals surface area contributed by atoms with Crippen LogP contribution in [0.4, 0.5) is 5.82 Å². The Labute approximate surface area is 124 Å². The van der Waals surface area contributed by atoms with Crippen molar-refractivity contribution in [2.45, 2.75) is 25.8 Å². The minimum atomic E-state index is -3.14. The van der Waals surface area contributed by atoms with E-state index in [1.54, 1.807) is 24.9 Å². The van der Waals surface area contributed by atoms with Gasteiger partial charge >= 0.3 is 0 Å². The summed E-state index contributed by atoms with van der Waals surface area (Å²) < 4.78 is 24.5. The van der Waals surface area contributed by atoms with Crippen LogP contribution in [0.25, 0.3) is 0 Å². The zero-order valence-corrected chi connectivity index (χ0v) is 13.4. The Morgan fingerprint density at radius 3 is 2.90 bits per heavy atom. The highest BCUT2D eigenvalue weighted by Crippen LogP contribution is 2.28. The van der Waals surface area contributed by atoms with E-state index in [1.165, 1.54) is 0 Å². The van der Waals surface area contributed by atoms with Gasteiger partial charge in [0.1, 0.15) is 11.2 Å². The second-order valence-electron chi connectivity index (χ2n) is 4.82. The second-order valence-corrected chi connectivity index (χ2v) is 8.41. The molecule has 112 valence electrons. The van der Waals surface area contributed by atoms with E-state index in [0.29, 0.717) is 18.1 Å². The predicted octanol–water partition coefficient (Wildman–Crippen LogP) is 1.20. The summed E-state index contributed by atoms with van der Waals surface area (Å²) in [5, 5.41) is 8.63. The SMILES string of the molecule is CCS(=O)(=O)C1CSCCN1c1ncc(CO)cc1C. The van der Waals surface area contributed by atoms with Gasteiger partial charge in [-0.15, -0.1) is 0 Å². The molecule has 0 spiro atoms. The number of aliphatic hydroxyl groups is 1. The van der Waals surface area contributed by atoms with E-state index in [1.807, 2.05) is 17.9 Å². The van der Waals surface area contributed by atoms with Gasteiger partial charge in [-0.2, -0.15) is 11.8 Å². The van der Waals surface area contributed by atoms with Crippen molar-refractivity contribution in [3.63, 3.8) is 0 Å². The Hall–Kier alpha value is -0.790. The summed E-state index contributed by atoms with van der Waals surface area (Å²) in [5.74, 6) is 2.34. The molecule has 5 nitrogen and oxygen atoms in total. The standard InChI is InChI=1S/C13H20N2O3S2/c1-3-20(17,18)12-9-19-5-4-15(12)13-10(2)6-11(8-16)7-14-13/h6-7,12,16H,3-5,8-9H2,1-2H3.